The monoisotopic (exact) mass is 392 g/mol. The summed E-state index contributed by atoms with van der Waals surface area (Å²) in [6, 6.07) is 4.73. The zero-order chi connectivity index (χ0) is 20.3. The van der Waals surface area contributed by atoms with E-state index in [1.54, 1.807) is 17.0 Å². The Morgan fingerprint density at radius 3 is 2.57 bits per heavy atom. The molecule has 1 saturated heterocycles. The summed E-state index contributed by atoms with van der Waals surface area (Å²) in [6.07, 6.45) is -1.08. The predicted octanol–water partition coefficient (Wildman–Crippen LogP) is 0.713. The first-order valence-electron chi connectivity index (χ1n) is 9.15. The smallest absolute Gasteiger partial charge is 0.326 e. The van der Waals surface area contributed by atoms with E-state index in [9.17, 15) is 14.4 Å². The second kappa shape index (κ2) is 8.47. The van der Waals surface area contributed by atoms with Gasteiger partial charge in [-0.05, 0) is 39.0 Å². The topological polar surface area (TPSA) is 103 Å². The van der Waals surface area contributed by atoms with Crippen LogP contribution in [0.25, 0.3) is 0 Å². The van der Waals surface area contributed by atoms with Crippen molar-refractivity contribution in [2.75, 3.05) is 26.4 Å². The third-order valence-corrected chi connectivity index (χ3v) is 4.42. The Morgan fingerprint density at radius 1 is 1.18 bits per heavy atom. The number of fused-ring (bicyclic) bond motifs is 1. The van der Waals surface area contributed by atoms with Crippen molar-refractivity contribution in [2.24, 2.45) is 0 Å². The molecule has 1 N–H and O–H groups in total. The van der Waals surface area contributed by atoms with Crippen LogP contribution in [-0.2, 0) is 19.1 Å². The van der Waals surface area contributed by atoms with E-state index in [-0.39, 0.29) is 31.5 Å². The Kier molecular flexibility index (Phi) is 6.03. The van der Waals surface area contributed by atoms with Gasteiger partial charge in [0, 0.05) is 18.7 Å². The maximum absolute atomic E-state index is 12.5. The molecule has 0 spiro atoms. The summed E-state index contributed by atoms with van der Waals surface area (Å²) in [7, 11) is 0. The predicted molar refractivity (Wildman–Crippen MR) is 97.0 cm³/mol. The highest BCUT2D eigenvalue weighted by Gasteiger charge is 2.30. The van der Waals surface area contributed by atoms with Gasteiger partial charge < -0.3 is 29.2 Å². The van der Waals surface area contributed by atoms with E-state index in [4.69, 9.17) is 18.9 Å². The summed E-state index contributed by atoms with van der Waals surface area (Å²) in [5, 5.41) is 2.47. The van der Waals surface area contributed by atoms with Crippen LogP contribution >= 0.6 is 0 Å². The molecule has 1 aromatic carbocycles. The quantitative estimate of drug-likeness (QED) is 0.736. The molecule has 0 bridgehead atoms. The van der Waals surface area contributed by atoms with Crippen molar-refractivity contribution in [3.8, 4) is 11.5 Å². The van der Waals surface area contributed by atoms with Gasteiger partial charge in [0.25, 0.3) is 11.8 Å². The fourth-order valence-corrected chi connectivity index (χ4v) is 3.20. The third-order valence-electron chi connectivity index (χ3n) is 4.42. The van der Waals surface area contributed by atoms with Gasteiger partial charge in [0.05, 0.1) is 12.2 Å². The number of hydrogen-bond acceptors (Lipinski definition) is 7. The van der Waals surface area contributed by atoms with Gasteiger partial charge in [-0.3, -0.25) is 14.4 Å². The minimum absolute atomic E-state index is 0.0726. The number of amides is 2. The van der Waals surface area contributed by atoms with Crippen LogP contribution in [0, 0.1) is 0 Å². The maximum atomic E-state index is 12.5. The molecule has 2 aliphatic rings. The first-order chi connectivity index (χ1) is 13.3. The van der Waals surface area contributed by atoms with Gasteiger partial charge in [0.15, 0.2) is 17.6 Å². The molecule has 0 aliphatic carbocycles. The molecule has 9 heteroatoms. The highest BCUT2D eigenvalue weighted by atomic mass is 16.7. The van der Waals surface area contributed by atoms with Crippen LogP contribution in [0.4, 0.5) is 0 Å². The molecule has 0 saturated carbocycles. The van der Waals surface area contributed by atoms with E-state index in [0.717, 1.165) is 0 Å². The van der Waals surface area contributed by atoms with Gasteiger partial charge in [-0.15, -0.1) is 0 Å². The second-order valence-electron chi connectivity index (χ2n) is 6.88. The number of benzene rings is 1. The number of carbonyl (C=O) groups excluding carboxylic acids is 3. The molecule has 9 nitrogen and oxygen atoms in total. The molecule has 1 aromatic rings. The van der Waals surface area contributed by atoms with E-state index >= 15 is 0 Å². The van der Waals surface area contributed by atoms with Crippen LogP contribution < -0.4 is 14.8 Å². The Balaban J connectivity index is 1.47. The Morgan fingerprint density at radius 2 is 1.86 bits per heavy atom. The lowest BCUT2D eigenvalue weighted by atomic mass is 10.2. The molecule has 2 heterocycles. The molecule has 2 amide bonds. The number of hydrogen-bond donors (Lipinski definition) is 1. The van der Waals surface area contributed by atoms with Crippen molar-refractivity contribution < 1.29 is 33.3 Å². The van der Waals surface area contributed by atoms with Crippen LogP contribution in [0.15, 0.2) is 18.2 Å². The molecule has 2 aliphatic heterocycles. The number of carbonyl (C=O) groups is 3. The number of rotatable bonds is 5. The van der Waals surface area contributed by atoms with Gasteiger partial charge in [-0.2, -0.15) is 0 Å². The summed E-state index contributed by atoms with van der Waals surface area (Å²) in [5.41, 5.74) is 0.331. The molecule has 0 unspecified atom stereocenters. The second-order valence-corrected chi connectivity index (χ2v) is 6.88. The van der Waals surface area contributed by atoms with Crippen LogP contribution in [0.2, 0.25) is 0 Å². The molecular weight excluding hydrogens is 368 g/mol. The van der Waals surface area contributed by atoms with E-state index in [2.05, 4.69) is 5.32 Å². The molecule has 3 rings (SSSR count). The van der Waals surface area contributed by atoms with Gasteiger partial charge in [0.2, 0.25) is 6.79 Å². The Labute approximate surface area is 162 Å². The molecule has 152 valence electrons. The summed E-state index contributed by atoms with van der Waals surface area (Å²) in [6.45, 7) is 5.96. The van der Waals surface area contributed by atoms with Gasteiger partial charge in [-0.25, -0.2) is 0 Å². The highest BCUT2D eigenvalue weighted by Crippen LogP contribution is 2.32. The molecule has 1 fully saturated rings. The summed E-state index contributed by atoms with van der Waals surface area (Å²) in [4.78, 5) is 38.3. The summed E-state index contributed by atoms with van der Waals surface area (Å²) < 4.78 is 21.2. The molecular formula is C19H24N2O7. The zero-order valence-electron chi connectivity index (χ0n) is 16.1. The zero-order valence-corrected chi connectivity index (χ0v) is 16.1. The lowest BCUT2D eigenvalue weighted by Gasteiger charge is -2.36. The van der Waals surface area contributed by atoms with Crippen LogP contribution in [0.3, 0.4) is 0 Å². The lowest BCUT2D eigenvalue weighted by molar-refractivity contribution is -0.163. The Bertz CT molecular complexity index is 757. The number of ether oxygens (including phenoxy) is 4. The van der Waals surface area contributed by atoms with Crippen molar-refractivity contribution in [3.05, 3.63) is 23.8 Å². The van der Waals surface area contributed by atoms with E-state index in [0.29, 0.717) is 30.2 Å². The van der Waals surface area contributed by atoms with Crippen molar-refractivity contribution >= 4 is 17.8 Å². The number of morpholine rings is 1. The fourth-order valence-electron chi connectivity index (χ4n) is 3.20. The van der Waals surface area contributed by atoms with Crippen LogP contribution in [-0.4, -0.2) is 67.4 Å². The van der Waals surface area contributed by atoms with Gasteiger partial charge >= 0.3 is 5.97 Å². The minimum atomic E-state index is -0.938. The molecule has 28 heavy (non-hydrogen) atoms. The van der Waals surface area contributed by atoms with E-state index in [1.165, 1.54) is 13.0 Å². The largest absolute Gasteiger partial charge is 0.454 e. The highest BCUT2D eigenvalue weighted by molar-refractivity contribution is 5.96. The van der Waals surface area contributed by atoms with Crippen molar-refractivity contribution in [1.82, 2.24) is 10.2 Å². The maximum Gasteiger partial charge on any atom is 0.326 e. The molecule has 3 atom stereocenters. The van der Waals surface area contributed by atoms with Gasteiger partial charge in [-0.1, -0.05) is 0 Å². The average Bonchev–Trinajstić information content (AvgIpc) is 3.12. The number of esters is 1. The first-order valence-corrected chi connectivity index (χ1v) is 9.15. The summed E-state index contributed by atoms with van der Waals surface area (Å²) >= 11 is 0. The normalized spacial score (nSPS) is 21.8. The van der Waals surface area contributed by atoms with Crippen LogP contribution in [0.5, 0.6) is 11.5 Å². The minimum Gasteiger partial charge on any atom is -0.454 e. The van der Waals surface area contributed by atoms with Gasteiger partial charge in [0.1, 0.15) is 6.54 Å². The van der Waals surface area contributed by atoms with Crippen molar-refractivity contribution in [3.63, 3.8) is 0 Å². The fraction of sp³-hybridized carbons (Fsp3) is 0.526. The number of nitrogens with one attached hydrogen (secondary N) is 1. The molecule has 0 aromatic heterocycles. The SMILES string of the molecule is C[C@@H]1CN(C(=O)[C@@H](C)OC(=O)CNC(=O)c2ccc3c(c2)OCO3)C[C@H](C)O1. The van der Waals surface area contributed by atoms with Crippen molar-refractivity contribution in [2.45, 2.75) is 39.1 Å². The van der Waals surface area contributed by atoms with Crippen molar-refractivity contribution in [1.29, 1.82) is 0 Å². The van der Waals surface area contributed by atoms with E-state index < -0.39 is 18.0 Å². The first kappa shape index (κ1) is 19.9. The average molecular weight is 392 g/mol. The number of nitrogens with zero attached hydrogens (tertiary/aromatic N) is 1. The van der Waals surface area contributed by atoms with Crippen LogP contribution in [0.1, 0.15) is 31.1 Å². The van der Waals surface area contributed by atoms with E-state index in [1.807, 2.05) is 13.8 Å². The molecule has 0 radical (unpaired) electrons. The summed E-state index contributed by atoms with van der Waals surface area (Å²) in [5.74, 6) is -0.384. The third kappa shape index (κ3) is 4.72. The lowest BCUT2D eigenvalue weighted by Crippen LogP contribution is -2.51. The Hall–Kier alpha value is -2.81. The standard InChI is InChI=1S/C19H24N2O7/c1-11-8-21(9-12(2)27-11)19(24)13(3)28-17(22)7-20-18(23)14-4-5-15-16(6-14)26-10-25-15/h4-6,11-13H,7-10H2,1-3H3,(H,20,23)/t11-,12+,13-/m1/s1.